The minimum Gasteiger partial charge on any atom is -0.445 e. The Kier molecular flexibility index (Phi) is 6.56. The third kappa shape index (κ3) is 4.47. The van der Waals surface area contributed by atoms with Gasteiger partial charge in [0.2, 0.25) is 0 Å². The fourth-order valence-corrected chi connectivity index (χ4v) is 5.13. The van der Waals surface area contributed by atoms with Crippen LogP contribution in [0.2, 0.25) is 0 Å². The van der Waals surface area contributed by atoms with Crippen LogP contribution >= 0.6 is 0 Å². The van der Waals surface area contributed by atoms with E-state index in [9.17, 15) is 4.79 Å². The third-order valence-electron chi connectivity index (χ3n) is 7.37. The highest BCUT2D eigenvalue weighted by molar-refractivity contribution is 5.68. The van der Waals surface area contributed by atoms with E-state index in [0.29, 0.717) is 13.1 Å². The third-order valence-corrected chi connectivity index (χ3v) is 7.37. The number of nitrogens with zero attached hydrogens (tertiary/aromatic N) is 1. The van der Waals surface area contributed by atoms with E-state index in [-0.39, 0.29) is 18.1 Å². The summed E-state index contributed by atoms with van der Waals surface area (Å²) in [6.45, 7) is 9.79. The summed E-state index contributed by atoms with van der Waals surface area (Å²) in [5, 5.41) is 0. The SMILES string of the molecule is Cc1cc(C2(c3cc(C)c(N)c(C)c3)CCN(C(=O)OCc3ccccc3)CC2)cc(C)c1N. The van der Waals surface area contributed by atoms with Crippen molar-refractivity contribution in [3.05, 3.63) is 93.5 Å². The van der Waals surface area contributed by atoms with Crippen LogP contribution in [0.15, 0.2) is 54.6 Å². The summed E-state index contributed by atoms with van der Waals surface area (Å²) in [6.07, 6.45) is 1.35. The topological polar surface area (TPSA) is 81.6 Å². The van der Waals surface area contributed by atoms with E-state index in [4.69, 9.17) is 16.2 Å². The second-order valence-corrected chi connectivity index (χ2v) is 9.66. The number of piperidine rings is 1. The summed E-state index contributed by atoms with van der Waals surface area (Å²) < 4.78 is 5.61. The lowest BCUT2D eigenvalue weighted by Gasteiger charge is -2.43. The molecule has 0 saturated carbocycles. The first-order chi connectivity index (χ1) is 16.2. The fraction of sp³-hybridized carbons (Fsp3) is 0.345. The van der Waals surface area contributed by atoms with Crippen molar-refractivity contribution < 1.29 is 9.53 Å². The minimum atomic E-state index is -0.258. The molecule has 0 spiro atoms. The van der Waals surface area contributed by atoms with E-state index in [1.807, 2.05) is 35.2 Å². The minimum absolute atomic E-state index is 0.220. The molecule has 4 N–H and O–H groups in total. The number of carbonyl (C=O) groups excluding carboxylic acids is 1. The second kappa shape index (κ2) is 9.41. The molecule has 34 heavy (non-hydrogen) atoms. The summed E-state index contributed by atoms with van der Waals surface area (Å²) in [6, 6.07) is 18.6. The van der Waals surface area contributed by atoms with Crippen LogP contribution in [0.3, 0.4) is 0 Å². The van der Waals surface area contributed by atoms with Gasteiger partial charge in [0, 0.05) is 29.9 Å². The molecule has 5 heteroatoms. The van der Waals surface area contributed by atoms with E-state index in [2.05, 4.69) is 52.0 Å². The van der Waals surface area contributed by atoms with E-state index >= 15 is 0 Å². The summed E-state index contributed by atoms with van der Waals surface area (Å²) in [5.74, 6) is 0. The number of likely N-dealkylation sites (tertiary alicyclic amines) is 1. The number of amides is 1. The van der Waals surface area contributed by atoms with Crippen molar-refractivity contribution in [1.29, 1.82) is 0 Å². The molecule has 3 aromatic rings. The van der Waals surface area contributed by atoms with Gasteiger partial charge >= 0.3 is 6.09 Å². The van der Waals surface area contributed by atoms with Gasteiger partial charge in [0.1, 0.15) is 6.61 Å². The summed E-state index contributed by atoms with van der Waals surface area (Å²) in [7, 11) is 0. The highest BCUT2D eigenvalue weighted by atomic mass is 16.6. The first-order valence-corrected chi connectivity index (χ1v) is 11.9. The van der Waals surface area contributed by atoms with Crippen molar-refractivity contribution in [3.63, 3.8) is 0 Å². The van der Waals surface area contributed by atoms with Gasteiger partial charge in [0.05, 0.1) is 0 Å². The van der Waals surface area contributed by atoms with Gasteiger partial charge in [0.15, 0.2) is 0 Å². The van der Waals surface area contributed by atoms with E-state index < -0.39 is 0 Å². The number of anilines is 2. The van der Waals surface area contributed by atoms with Crippen molar-refractivity contribution in [2.45, 2.75) is 52.6 Å². The van der Waals surface area contributed by atoms with Gasteiger partial charge in [-0.05, 0) is 79.5 Å². The molecule has 5 nitrogen and oxygen atoms in total. The zero-order chi connectivity index (χ0) is 24.5. The molecule has 0 bridgehead atoms. The number of aryl methyl sites for hydroxylation is 4. The molecule has 0 atom stereocenters. The van der Waals surface area contributed by atoms with Gasteiger partial charge in [-0.25, -0.2) is 4.79 Å². The van der Waals surface area contributed by atoms with Crippen molar-refractivity contribution in [2.24, 2.45) is 0 Å². The van der Waals surface area contributed by atoms with Crippen LogP contribution < -0.4 is 11.5 Å². The number of nitrogen functional groups attached to an aromatic ring is 2. The van der Waals surface area contributed by atoms with Gasteiger partial charge in [0.25, 0.3) is 0 Å². The molecule has 1 amide bonds. The highest BCUT2D eigenvalue weighted by Gasteiger charge is 2.40. The number of hydrogen-bond acceptors (Lipinski definition) is 4. The Bertz CT molecular complexity index is 1090. The Morgan fingerprint density at radius 1 is 0.824 bits per heavy atom. The van der Waals surface area contributed by atoms with Crippen LogP contribution in [-0.4, -0.2) is 24.1 Å². The smallest absolute Gasteiger partial charge is 0.410 e. The van der Waals surface area contributed by atoms with E-state index in [1.54, 1.807) is 0 Å². The molecule has 1 saturated heterocycles. The predicted molar refractivity (Wildman–Crippen MR) is 139 cm³/mol. The predicted octanol–water partition coefficient (Wildman–Crippen LogP) is 5.80. The quantitative estimate of drug-likeness (QED) is 0.485. The Balaban J connectivity index is 1.63. The van der Waals surface area contributed by atoms with Gasteiger partial charge in [-0.15, -0.1) is 0 Å². The van der Waals surface area contributed by atoms with Crippen LogP contribution in [0.25, 0.3) is 0 Å². The summed E-state index contributed by atoms with van der Waals surface area (Å²) in [5.41, 5.74) is 21.9. The highest BCUT2D eigenvalue weighted by Crippen LogP contribution is 2.44. The van der Waals surface area contributed by atoms with Crippen LogP contribution in [-0.2, 0) is 16.8 Å². The zero-order valence-corrected chi connectivity index (χ0v) is 20.7. The van der Waals surface area contributed by atoms with Crippen LogP contribution in [0, 0.1) is 27.7 Å². The first kappa shape index (κ1) is 23.7. The van der Waals surface area contributed by atoms with E-state index in [1.165, 1.54) is 11.1 Å². The average Bonchev–Trinajstić information content (AvgIpc) is 2.84. The fourth-order valence-electron chi connectivity index (χ4n) is 5.13. The van der Waals surface area contributed by atoms with Gasteiger partial charge in [-0.1, -0.05) is 54.6 Å². The summed E-state index contributed by atoms with van der Waals surface area (Å²) in [4.78, 5) is 14.7. The maximum absolute atomic E-state index is 12.8. The Morgan fingerprint density at radius 3 is 1.71 bits per heavy atom. The molecule has 0 unspecified atom stereocenters. The number of nitrogens with two attached hydrogens (primary N) is 2. The van der Waals surface area contributed by atoms with Crippen molar-refractivity contribution in [3.8, 4) is 0 Å². The second-order valence-electron chi connectivity index (χ2n) is 9.66. The van der Waals surface area contributed by atoms with Crippen LogP contribution in [0.1, 0.15) is 51.8 Å². The van der Waals surface area contributed by atoms with Crippen LogP contribution in [0.4, 0.5) is 16.2 Å². The Labute approximate surface area is 202 Å². The number of rotatable bonds is 4. The Morgan fingerprint density at radius 2 is 1.26 bits per heavy atom. The molecule has 178 valence electrons. The molecule has 1 fully saturated rings. The molecule has 3 aromatic carbocycles. The average molecular weight is 458 g/mol. The molecular weight excluding hydrogens is 422 g/mol. The first-order valence-electron chi connectivity index (χ1n) is 11.9. The lowest BCUT2D eigenvalue weighted by atomic mass is 9.67. The molecule has 0 aliphatic carbocycles. The number of ether oxygens (including phenoxy) is 1. The molecule has 1 heterocycles. The molecule has 0 radical (unpaired) electrons. The van der Waals surface area contributed by atoms with Crippen molar-refractivity contribution >= 4 is 17.5 Å². The molecular formula is C29H35N3O2. The Hall–Kier alpha value is -3.47. The maximum Gasteiger partial charge on any atom is 0.410 e. The van der Waals surface area contributed by atoms with Crippen LogP contribution in [0.5, 0.6) is 0 Å². The molecule has 0 aromatic heterocycles. The van der Waals surface area contributed by atoms with Gasteiger partial charge in [-0.3, -0.25) is 0 Å². The number of carbonyl (C=O) groups is 1. The number of benzene rings is 3. The normalized spacial score (nSPS) is 15.2. The molecule has 4 rings (SSSR count). The van der Waals surface area contributed by atoms with Crippen molar-refractivity contribution in [1.82, 2.24) is 4.90 Å². The maximum atomic E-state index is 12.8. The van der Waals surface area contributed by atoms with Gasteiger partial charge in [-0.2, -0.15) is 0 Å². The lowest BCUT2D eigenvalue weighted by molar-refractivity contribution is 0.0813. The lowest BCUT2D eigenvalue weighted by Crippen LogP contribution is -2.46. The monoisotopic (exact) mass is 457 g/mol. The van der Waals surface area contributed by atoms with Gasteiger partial charge < -0.3 is 21.1 Å². The standard InChI is InChI=1S/C29H35N3O2/c1-19-14-24(15-20(2)26(19)30)29(25-16-21(3)27(31)22(4)17-25)10-12-32(13-11-29)28(33)34-18-23-8-6-5-7-9-23/h5-9,14-17H,10-13,18,30-31H2,1-4H3. The molecule has 1 aliphatic rings. The molecule has 1 aliphatic heterocycles. The largest absolute Gasteiger partial charge is 0.445 e. The zero-order valence-electron chi connectivity index (χ0n) is 20.7. The number of hydrogen-bond donors (Lipinski definition) is 2. The van der Waals surface area contributed by atoms with Crippen molar-refractivity contribution in [2.75, 3.05) is 24.6 Å². The summed E-state index contributed by atoms with van der Waals surface area (Å²) >= 11 is 0. The van der Waals surface area contributed by atoms with E-state index in [0.717, 1.165) is 52.0 Å².